The SMILES string of the molecule is Cc1oc(-c2ccccc2)nc1CSc1nc(-c2ccccc2)cn1N. The molecule has 0 aliphatic heterocycles. The van der Waals surface area contributed by atoms with Crippen molar-refractivity contribution in [3.8, 4) is 22.7 Å². The number of nitrogen functional groups attached to an aromatic ring is 1. The van der Waals surface area contributed by atoms with Crippen molar-refractivity contribution in [2.45, 2.75) is 17.8 Å². The van der Waals surface area contributed by atoms with Crippen molar-refractivity contribution in [2.75, 3.05) is 5.84 Å². The fourth-order valence-electron chi connectivity index (χ4n) is 2.63. The van der Waals surface area contributed by atoms with Crippen molar-refractivity contribution in [2.24, 2.45) is 0 Å². The van der Waals surface area contributed by atoms with Crippen LogP contribution in [0.4, 0.5) is 0 Å². The van der Waals surface area contributed by atoms with E-state index in [4.69, 9.17) is 10.3 Å². The molecule has 0 radical (unpaired) electrons. The van der Waals surface area contributed by atoms with E-state index in [9.17, 15) is 0 Å². The molecule has 2 N–H and O–H groups in total. The number of thioether (sulfide) groups is 1. The van der Waals surface area contributed by atoms with Crippen LogP contribution in [0.2, 0.25) is 0 Å². The summed E-state index contributed by atoms with van der Waals surface area (Å²) in [4.78, 5) is 9.26. The molecule has 26 heavy (non-hydrogen) atoms. The van der Waals surface area contributed by atoms with E-state index in [1.54, 1.807) is 16.4 Å². The van der Waals surface area contributed by atoms with Crippen LogP contribution in [0.15, 0.2) is 76.4 Å². The summed E-state index contributed by atoms with van der Waals surface area (Å²) in [6.07, 6.45) is 1.84. The van der Waals surface area contributed by atoms with Crippen LogP contribution in [0.25, 0.3) is 22.7 Å². The summed E-state index contributed by atoms with van der Waals surface area (Å²) in [7, 11) is 0. The molecule has 0 atom stereocenters. The fourth-order valence-corrected chi connectivity index (χ4v) is 3.53. The van der Waals surface area contributed by atoms with Gasteiger partial charge < -0.3 is 10.3 Å². The Hall–Kier alpha value is -2.99. The second-order valence-electron chi connectivity index (χ2n) is 5.86. The lowest BCUT2D eigenvalue weighted by molar-refractivity contribution is 0.540. The third kappa shape index (κ3) is 3.36. The lowest BCUT2D eigenvalue weighted by Gasteiger charge is -1.99. The van der Waals surface area contributed by atoms with Crippen molar-refractivity contribution in [3.05, 3.63) is 78.3 Å². The van der Waals surface area contributed by atoms with E-state index in [1.165, 1.54) is 0 Å². The molecule has 0 amide bonds. The standard InChI is InChI=1S/C20H18N4OS/c1-14-18(22-19(25-14)16-10-6-3-7-11-16)13-26-20-23-17(12-24(20)21)15-8-4-2-5-9-15/h2-12H,13,21H2,1H3. The number of imidazole rings is 1. The fraction of sp³-hybridized carbons (Fsp3) is 0.100. The van der Waals surface area contributed by atoms with Crippen LogP contribution in [0.5, 0.6) is 0 Å². The van der Waals surface area contributed by atoms with E-state index in [2.05, 4.69) is 9.97 Å². The Labute approximate surface area is 155 Å². The van der Waals surface area contributed by atoms with E-state index in [-0.39, 0.29) is 0 Å². The highest BCUT2D eigenvalue weighted by atomic mass is 32.2. The molecule has 2 heterocycles. The van der Waals surface area contributed by atoms with Crippen LogP contribution >= 0.6 is 11.8 Å². The molecule has 0 unspecified atom stereocenters. The minimum atomic E-state index is 0.639. The largest absolute Gasteiger partial charge is 0.441 e. The van der Waals surface area contributed by atoms with Crippen molar-refractivity contribution >= 4 is 11.8 Å². The highest BCUT2D eigenvalue weighted by Crippen LogP contribution is 2.28. The highest BCUT2D eigenvalue weighted by Gasteiger charge is 2.14. The molecule has 5 nitrogen and oxygen atoms in total. The van der Waals surface area contributed by atoms with Gasteiger partial charge >= 0.3 is 0 Å². The first-order valence-electron chi connectivity index (χ1n) is 8.25. The third-order valence-corrected chi connectivity index (χ3v) is 5.00. The molecule has 6 heteroatoms. The summed E-state index contributed by atoms with van der Waals surface area (Å²) in [6, 6.07) is 19.9. The zero-order chi connectivity index (χ0) is 17.9. The number of hydrogen-bond donors (Lipinski definition) is 1. The van der Waals surface area contributed by atoms with Crippen LogP contribution in [-0.4, -0.2) is 14.6 Å². The maximum absolute atomic E-state index is 6.07. The minimum absolute atomic E-state index is 0.639. The zero-order valence-electron chi connectivity index (χ0n) is 14.3. The van der Waals surface area contributed by atoms with Gasteiger partial charge in [0.1, 0.15) is 5.76 Å². The van der Waals surface area contributed by atoms with Gasteiger partial charge in [0.2, 0.25) is 5.89 Å². The molecule has 130 valence electrons. The van der Waals surface area contributed by atoms with Crippen molar-refractivity contribution in [3.63, 3.8) is 0 Å². The van der Waals surface area contributed by atoms with Crippen LogP contribution in [0, 0.1) is 6.92 Å². The Morgan fingerprint density at radius 3 is 2.31 bits per heavy atom. The molecular weight excluding hydrogens is 344 g/mol. The molecule has 0 spiro atoms. The summed E-state index contributed by atoms with van der Waals surface area (Å²) in [5.41, 5.74) is 3.77. The van der Waals surface area contributed by atoms with E-state index in [0.29, 0.717) is 11.6 Å². The number of benzene rings is 2. The first kappa shape index (κ1) is 16.5. The summed E-state index contributed by atoms with van der Waals surface area (Å²) in [6.45, 7) is 1.93. The van der Waals surface area contributed by atoms with Gasteiger partial charge in [-0.2, -0.15) is 0 Å². The van der Waals surface area contributed by atoms with Crippen molar-refractivity contribution < 1.29 is 4.42 Å². The molecular formula is C20H18N4OS. The molecule has 2 aromatic heterocycles. The molecule has 0 aliphatic rings. The van der Waals surface area contributed by atoms with Gasteiger partial charge in [0, 0.05) is 16.9 Å². The lowest BCUT2D eigenvalue weighted by atomic mass is 10.2. The van der Waals surface area contributed by atoms with Gasteiger partial charge in [0.25, 0.3) is 0 Å². The number of nitrogens with two attached hydrogens (primary N) is 1. The van der Waals surface area contributed by atoms with Crippen LogP contribution in [0.3, 0.4) is 0 Å². The van der Waals surface area contributed by atoms with Crippen LogP contribution in [0.1, 0.15) is 11.5 Å². The second-order valence-corrected chi connectivity index (χ2v) is 6.80. The van der Waals surface area contributed by atoms with Gasteiger partial charge in [0.15, 0.2) is 5.16 Å². The summed E-state index contributed by atoms with van der Waals surface area (Å²) in [5, 5.41) is 0.743. The van der Waals surface area contributed by atoms with E-state index >= 15 is 0 Å². The normalized spacial score (nSPS) is 11.0. The van der Waals surface area contributed by atoms with Gasteiger partial charge in [-0.15, -0.1) is 0 Å². The van der Waals surface area contributed by atoms with Gasteiger partial charge in [-0.1, -0.05) is 60.3 Å². The predicted octanol–water partition coefficient (Wildman–Crippen LogP) is 4.52. The number of nitrogens with zero attached hydrogens (tertiary/aromatic N) is 3. The molecule has 0 saturated carbocycles. The zero-order valence-corrected chi connectivity index (χ0v) is 15.1. The molecule has 0 saturated heterocycles. The van der Waals surface area contributed by atoms with Crippen molar-refractivity contribution in [1.29, 1.82) is 0 Å². The number of hydrogen-bond acceptors (Lipinski definition) is 5. The monoisotopic (exact) mass is 362 g/mol. The maximum Gasteiger partial charge on any atom is 0.226 e. The van der Waals surface area contributed by atoms with Gasteiger partial charge in [0.05, 0.1) is 17.6 Å². The Bertz CT molecular complexity index is 925. The van der Waals surface area contributed by atoms with Gasteiger partial charge in [-0.05, 0) is 19.1 Å². The van der Waals surface area contributed by atoms with Crippen LogP contribution < -0.4 is 5.84 Å². The lowest BCUT2D eigenvalue weighted by Crippen LogP contribution is -2.07. The van der Waals surface area contributed by atoms with Gasteiger partial charge in [-0.3, -0.25) is 0 Å². The van der Waals surface area contributed by atoms with E-state index < -0.39 is 0 Å². The molecule has 4 rings (SSSR count). The molecule has 2 aromatic carbocycles. The summed E-state index contributed by atoms with van der Waals surface area (Å²) < 4.78 is 7.37. The van der Waals surface area contributed by atoms with E-state index in [0.717, 1.165) is 33.4 Å². The first-order valence-corrected chi connectivity index (χ1v) is 9.23. The Morgan fingerprint density at radius 1 is 0.962 bits per heavy atom. The third-order valence-electron chi connectivity index (χ3n) is 4.02. The Morgan fingerprint density at radius 2 is 1.62 bits per heavy atom. The van der Waals surface area contributed by atoms with Crippen LogP contribution in [-0.2, 0) is 5.75 Å². The Balaban J connectivity index is 1.51. The number of aromatic nitrogens is 3. The van der Waals surface area contributed by atoms with Crippen molar-refractivity contribution in [1.82, 2.24) is 14.6 Å². The Kier molecular flexibility index (Phi) is 4.50. The maximum atomic E-state index is 6.07. The topological polar surface area (TPSA) is 69.9 Å². The quantitative estimate of drug-likeness (QED) is 0.417. The smallest absolute Gasteiger partial charge is 0.226 e. The number of aryl methyl sites for hydroxylation is 1. The highest BCUT2D eigenvalue weighted by molar-refractivity contribution is 7.98. The average Bonchev–Trinajstić information content (AvgIpc) is 3.24. The summed E-state index contributed by atoms with van der Waals surface area (Å²) >= 11 is 1.54. The first-order chi connectivity index (χ1) is 12.7. The molecule has 0 fully saturated rings. The second kappa shape index (κ2) is 7.09. The van der Waals surface area contributed by atoms with E-state index in [1.807, 2.05) is 73.8 Å². The number of oxazole rings is 1. The van der Waals surface area contributed by atoms with Gasteiger partial charge in [-0.25, -0.2) is 14.6 Å². The number of rotatable bonds is 5. The molecule has 0 bridgehead atoms. The predicted molar refractivity (Wildman–Crippen MR) is 104 cm³/mol. The molecule has 4 aromatic rings. The molecule has 0 aliphatic carbocycles. The summed E-state index contributed by atoms with van der Waals surface area (Å²) in [5.74, 6) is 8.16. The minimum Gasteiger partial charge on any atom is -0.441 e. The average molecular weight is 362 g/mol.